The van der Waals surface area contributed by atoms with E-state index in [9.17, 15) is 14.9 Å². The van der Waals surface area contributed by atoms with E-state index in [4.69, 9.17) is 11.6 Å². The van der Waals surface area contributed by atoms with Gasteiger partial charge in [-0.2, -0.15) is 5.10 Å². The number of fused-ring (bicyclic) bond motifs is 1. The summed E-state index contributed by atoms with van der Waals surface area (Å²) in [6.45, 7) is 0. The number of para-hydroxylation sites is 1. The summed E-state index contributed by atoms with van der Waals surface area (Å²) in [6.07, 6.45) is 2.77. The molecule has 0 fully saturated rings. The molecule has 0 saturated heterocycles. The van der Waals surface area contributed by atoms with Crippen LogP contribution in [0.1, 0.15) is 15.9 Å². The van der Waals surface area contributed by atoms with Gasteiger partial charge in [0.2, 0.25) is 0 Å². The average Bonchev–Trinajstić information content (AvgIpc) is 2.98. The maximum absolute atomic E-state index is 12.2. The number of H-pyrrole nitrogens is 1. The normalized spacial score (nSPS) is 11.0. The molecule has 1 amide bonds. The standard InChI is InChI=1S/C16H11ClN4O3/c17-11-5-6-15(21(23)24)10(7-11)8-19-20-16(22)13-9-18-14-4-2-1-3-12(13)14/h1-9,18H,(H,20,22). The van der Waals surface area contributed by atoms with E-state index in [1.807, 2.05) is 24.3 Å². The van der Waals surface area contributed by atoms with Crippen molar-refractivity contribution in [2.75, 3.05) is 0 Å². The van der Waals surface area contributed by atoms with E-state index in [2.05, 4.69) is 15.5 Å². The number of halogens is 1. The molecule has 24 heavy (non-hydrogen) atoms. The molecule has 0 aliphatic carbocycles. The fraction of sp³-hybridized carbons (Fsp3) is 0. The monoisotopic (exact) mass is 342 g/mol. The summed E-state index contributed by atoms with van der Waals surface area (Å²) in [4.78, 5) is 25.6. The van der Waals surface area contributed by atoms with Gasteiger partial charge in [-0.15, -0.1) is 0 Å². The Hall–Kier alpha value is -3.19. The third-order valence-corrected chi connectivity index (χ3v) is 3.62. The van der Waals surface area contributed by atoms with E-state index < -0.39 is 10.8 Å². The highest BCUT2D eigenvalue weighted by molar-refractivity contribution is 6.31. The highest BCUT2D eigenvalue weighted by Gasteiger charge is 2.13. The van der Waals surface area contributed by atoms with Gasteiger partial charge in [-0.05, 0) is 18.2 Å². The molecule has 0 bridgehead atoms. The van der Waals surface area contributed by atoms with Gasteiger partial charge in [0.25, 0.3) is 11.6 Å². The van der Waals surface area contributed by atoms with Crippen molar-refractivity contribution in [3.63, 3.8) is 0 Å². The first-order valence-corrected chi connectivity index (χ1v) is 7.27. The van der Waals surface area contributed by atoms with Crippen molar-refractivity contribution in [3.8, 4) is 0 Å². The molecule has 120 valence electrons. The third-order valence-electron chi connectivity index (χ3n) is 3.39. The predicted octanol–water partition coefficient (Wildman–Crippen LogP) is 3.49. The minimum absolute atomic E-state index is 0.149. The van der Waals surface area contributed by atoms with Crippen molar-refractivity contribution < 1.29 is 9.72 Å². The van der Waals surface area contributed by atoms with Gasteiger partial charge in [0.15, 0.2) is 0 Å². The summed E-state index contributed by atoms with van der Waals surface area (Å²) in [5.74, 6) is -0.423. The number of carbonyl (C=O) groups is 1. The smallest absolute Gasteiger partial charge is 0.278 e. The van der Waals surface area contributed by atoms with E-state index in [0.717, 1.165) is 10.9 Å². The molecule has 0 aliphatic rings. The van der Waals surface area contributed by atoms with Crippen molar-refractivity contribution in [3.05, 3.63) is 74.9 Å². The molecular weight excluding hydrogens is 332 g/mol. The topological polar surface area (TPSA) is 100 Å². The van der Waals surface area contributed by atoms with Crippen LogP contribution in [0.2, 0.25) is 5.02 Å². The van der Waals surface area contributed by atoms with Gasteiger partial charge >= 0.3 is 0 Å². The van der Waals surface area contributed by atoms with Crippen LogP contribution in [0.15, 0.2) is 53.8 Å². The number of rotatable bonds is 4. The van der Waals surface area contributed by atoms with Crippen LogP contribution in [-0.2, 0) is 0 Å². The quantitative estimate of drug-likeness (QED) is 0.431. The van der Waals surface area contributed by atoms with Crippen LogP contribution in [0.3, 0.4) is 0 Å². The maximum Gasteiger partial charge on any atom is 0.278 e. The summed E-state index contributed by atoms with van der Waals surface area (Å²) in [5.41, 5.74) is 3.67. The Morgan fingerprint density at radius 1 is 1.29 bits per heavy atom. The molecular formula is C16H11ClN4O3. The lowest BCUT2D eigenvalue weighted by molar-refractivity contribution is -0.385. The summed E-state index contributed by atoms with van der Waals surface area (Å²) < 4.78 is 0. The average molecular weight is 343 g/mol. The summed E-state index contributed by atoms with van der Waals surface area (Å²) in [5, 5.41) is 15.9. The fourth-order valence-corrected chi connectivity index (χ4v) is 2.46. The van der Waals surface area contributed by atoms with E-state index in [1.54, 1.807) is 6.20 Å². The molecule has 0 radical (unpaired) electrons. The van der Waals surface area contributed by atoms with Gasteiger partial charge in [0, 0.05) is 28.2 Å². The van der Waals surface area contributed by atoms with E-state index >= 15 is 0 Å². The van der Waals surface area contributed by atoms with Gasteiger partial charge < -0.3 is 4.98 Å². The Morgan fingerprint density at radius 3 is 2.88 bits per heavy atom. The Bertz CT molecular complexity index is 965. The number of nitro groups is 1. The van der Waals surface area contributed by atoms with E-state index in [-0.39, 0.29) is 11.3 Å². The number of nitrogens with zero attached hydrogens (tertiary/aromatic N) is 2. The van der Waals surface area contributed by atoms with Crippen molar-refractivity contribution in [1.82, 2.24) is 10.4 Å². The van der Waals surface area contributed by atoms with Crippen LogP contribution in [0.4, 0.5) is 5.69 Å². The van der Waals surface area contributed by atoms with Crippen LogP contribution in [0.5, 0.6) is 0 Å². The molecule has 7 nitrogen and oxygen atoms in total. The molecule has 0 spiro atoms. The highest BCUT2D eigenvalue weighted by atomic mass is 35.5. The van der Waals surface area contributed by atoms with Crippen molar-refractivity contribution in [1.29, 1.82) is 0 Å². The van der Waals surface area contributed by atoms with Gasteiger partial charge in [-0.1, -0.05) is 29.8 Å². The molecule has 1 aromatic heterocycles. The minimum Gasteiger partial charge on any atom is -0.360 e. The molecule has 3 rings (SSSR count). The number of nitro benzene ring substituents is 1. The second-order valence-electron chi connectivity index (χ2n) is 4.91. The van der Waals surface area contributed by atoms with Crippen molar-refractivity contribution in [2.45, 2.75) is 0 Å². The highest BCUT2D eigenvalue weighted by Crippen LogP contribution is 2.21. The summed E-state index contributed by atoms with van der Waals surface area (Å²) in [7, 11) is 0. The van der Waals surface area contributed by atoms with Gasteiger partial charge in [0.05, 0.1) is 22.3 Å². The van der Waals surface area contributed by atoms with Crippen LogP contribution < -0.4 is 5.43 Å². The minimum atomic E-state index is -0.542. The first kappa shape index (κ1) is 15.7. The van der Waals surface area contributed by atoms with Crippen molar-refractivity contribution in [2.24, 2.45) is 5.10 Å². The van der Waals surface area contributed by atoms with Crippen LogP contribution in [0, 0.1) is 10.1 Å². The van der Waals surface area contributed by atoms with E-state index in [1.165, 1.54) is 24.4 Å². The molecule has 8 heteroatoms. The Morgan fingerprint density at radius 2 is 2.08 bits per heavy atom. The third kappa shape index (κ3) is 3.11. The summed E-state index contributed by atoms with van der Waals surface area (Å²) >= 11 is 5.83. The first-order chi connectivity index (χ1) is 11.6. The van der Waals surface area contributed by atoms with Crippen LogP contribution in [-0.4, -0.2) is 22.0 Å². The Kier molecular flexibility index (Phi) is 4.26. The molecule has 2 N–H and O–H groups in total. The van der Waals surface area contributed by atoms with Gasteiger partial charge in [-0.3, -0.25) is 14.9 Å². The number of hydrogen-bond donors (Lipinski definition) is 2. The number of amides is 1. The molecule has 0 unspecified atom stereocenters. The largest absolute Gasteiger partial charge is 0.360 e. The number of carbonyl (C=O) groups excluding carboxylic acids is 1. The number of aromatic nitrogens is 1. The molecule has 0 saturated carbocycles. The van der Waals surface area contributed by atoms with Gasteiger partial charge in [-0.25, -0.2) is 5.43 Å². The predicted molar refractivity (Wildman–Crippen MR) is 91.5 cm³/mol. The zero-order valence-electron chi connectivity index (χ0n) is 12.2. The number of hydrazone groups is 1. The lowest BCUT2D eigenvalue weighted by Crippen LogP contribution is -2.17. The lowest BCUT2D eigenvalue weighted by atomic mass is 10.2. The Balaban J connectivity index is 1.81. The lowest BCUT2D eigenvalue weighted by Gasteiger charge is -2.00. The maximum atomic E-state index is 12.2. The molecule has 0 aliphatic heterocycles. The summed E-state index contributed by atoms with van der Waals surface area (Å²) in [6, 6.07) is 11.5. The zero-order chi connectivity index (χ0) is 17.1. The second kappa shape index (κ2) is 6.51. The number of nitrogens with one attached hydrogen (secondary N) is 2. The SMILES string of the molecule is O=C(NN=Cc1cc(Cl)ccc1[N+](=O)[O-])c1c[nH]c2ccccc12. The number of hydrogen-bond acceptors (Lipinski definition) is 4. The Labute approximate surface area is 141 Å². The van der Waals surface area contributed by atoms with E-state index in [0.29, 0.717) is 10.6 Å². The molecule has 1 heterocycles. The molecule has 3 aromatic rings. The molecule has 2 aromatic carbocycles. The fourth-order valence-electron chi connectivity index (χ4n) is 2.28. The first-order valence-electron chi connectivity index (χ1n) is 6.90. The zero-order valence-corrected chi connectivity index (χ0v) is 12.9. The van der Waals surface area contributed by atoms with Gasteiger partial charge in [0.1, 0.15) is 0 Å². The number of benzene rings is 2. The second-order valence-corrected chi connectivity index (χ2v) is 5.34. The number of aromatic amines is 1. The molecule has 0 atom stereocenters. The van der Waals surface area contributed by atoms with Crippen molar-refractivity contribution >= 4 is 40.3 Å². The van der Waals surface area contributed by atoms with Crippen LogP contribution in [0.25, 0.3) is 10.9 Å². The van der Waals surface area contributed by atoms with Crippen LogP contribution >= 0.6 is 11.6 Å².